The number of rotatable bonds is 7. The van der Waals surface area contributed by atoms with Crippen LogP contribution >= 0.6 is 0 Å². The first kappa shape index (κ1) is 21.0. The average molecular weight is 396 g/mol. The van der Waals surface area contributed by atoms with Crippen molar-refractivity contribution in [2.45, 2.75) is 25.3 Å². The summed E-state index contributed by atoms with van der Waals surface area (Å²) < 4.78 is 54.5. The van der Waals surface area contributed by atoms with Crippen molar-refractivity contribution in [2.24, 2.45) is 0 Å². The van der Waals surface area contributed by atoms with Crippen molar-refractivity contribution >= 4 is 15.9 Å². The van der Waals surface area contributed by atoms with Crippen molar-refractivity contribution < 1.29 is 22.0 Å². The van der Waals surface area contributed by atoms with Crippen molar-refractivity contribution in [3.8, 4) is 0 Å². The number of carbonyl (C=O) groups excluding carboxylic acids is 1. The van der Waals surface area contributed by atoms with Crippen LogP contribution in [0, 0.1) is 11.6 Å². The summed E-state index contributed by atoms with van der Waals surface area (Å²) in [6, 6.07) is 9.08. The average Bonchev–Trinajstić information content (AvgIpc) is 2.64. The number of carbonyl (C=O) groups is 1. The largest absolute Gasteiger partial charge is 0.337 e. The summed E-state index contributed by atoms with van der Waals surface area (Å²) in [5.41, 5.74) is -0.0947. The molecular weight excluding hydrogens is 374 g/mol. The van der Waals surface area contributed by atoms with E-state index in [4.69, 9.17) is 0 Å². The number of hydrogen-bond acceptors (Lipinski definition) is 3. The Hall–Kier alpha value is -2.32. The van der Waals surface area contributed by atoms with Gasteiger partial charge >= 0.3 is 0 Å². The Bertz CT molecular complexity index is 928. The number of nitrogens with zero attached hydrogens (tertiary/aromatic N) is 2. The number of benzene rings is 2. The molecular formula is C19H22F2N2O3S. The molecule has 0 aliphatic rings. The van der Waals surface area contributed by atoms with Crippen molar-refractivity contribution in [3.63, 3.8) is 0 Å². The zero-order chi connectivity index (χ0) is 20.2. The zero-order valence-corrected chi connectivity index (χ0v) is 16.3. The van der Waals surface area contributed by atoms with Crippen LogP contribution in [0.4, 0.5) is 8.78 Å². The quantitative estimate of drug-likeness (QED) is 0.722. The molecule has 2 aromatic carbocycles. The molecule has 146 valence electrons. The normalized spacial score (nSPS) is 11.6. The molecule has 0 aliphatic carbocycles. The molecule has 5 nitrogen and oxygen atoms in total. The van der Waals surface area contributed by atoms with Gasteiger partial charge in [0.25, 0.3) is 5.91 Å². The third kappa shape index (κ3) is 4.51. The van der Waals surface area contributed by atoms with Gasteiger partial charge in [-0.15, -0.1) is 0 Å². The van der Waals surface area contributed by atoms with E-state index < -0.39 is 27.6 Å². The second-order valence-corrected chi connectivity index (χ2v) is 7.92. The van der Waals surface area contributed by atoms with E-state index in [9.17, 15) is 22.0 Å². The van der Waals surface area contributed by atoms with Crippen LogP contribution in [0.2, 0.25) is 0 Å². The van der Waals surface area contributed by atoms with Gasteiger partial charge in [0.2, 0.25) is 10.0 Å². The molecule has 0 unspecified atom stereocenters. The van der Waals surface area contributed by atoms with Crippen molar-refractivity contribution in [3.05, 3.63) is 65.2 Å². The Morgan fingerprint density at radius 2 is 1.63 bits per heavy atom. The van der Waals surface area contributed by atoms with E-state index in [1.165, 1.54) is 29.6 Å². The Morgan fingerprint density at radius 1 is 1.00 bits per heavy atom. The Kier molecular flexibility index (Phi) is 6.67. The third-order valence-electron chi connectivity index (χ3n) is 4.22. The number of sulfonamides is 1. The fraction of sp³-hybridized carbons (Fsp3) is 0.316. The minimum atomic E-state index is -3.83. The SMILES string of the molecule is CCN(CC)S(=O)(=O)c1ccc(F)c(C(=O)N(C)Cc2ccccc2F)c1. The van der Waals surface area contributed by atoms with Crippen LogP contribution in [0.15, 0.2) is 47.4 Å². The van der Waals surface area contributed by atoms with E-state index in [0.29, 0.717) is 0 Å². The van der Waals surface area contributed by atoms with Crippen LogP contribution in [0.25, 0.3) is 0 Å². The van der Waals surface area contributed by atoms with Gasteiger partial charge < -0.3 is 4.90 Å². The first-order valence-corrected chi connectivity index (χ1v) is 9.94. The molecule has 0 heterocycles. The van der Waals surface area contributed by atoms with Crippen LogP contribution in [-0.2, 0) is 16.6 Å². The van der Waals surface area contributed by atoms with Gasteiger partial charge in [0.05, 0.1) is 10.5 Å². The van der Waals surface area contributed by atoms with Gasteiger partial charge in [-0.05, 0) is 24.3 Å². The summed E-state index contributed by atoms with van der Waals surface area (Å²) in [7, 11) is -2.43. The second kappa shape index (κ2) is 8.58. The lowest BCUT2D eigenvalue weighted by molar-refractivity contribution is 0.0779. The smallest absolute Gasteiger partial charge is 0.256 e. The molecule has 0 spiro atoms. The van der Waals surface area contributed by atoms with Crippen LogP contribution in [-0.4, -0.2) is 43.7 Å². The van der Waals surface area contributed by atoms with Crippen LogP contribution in [0.3, 0.4) is 0 Å². The lowest BCUT2D eigenvalue weighted by atomic mass is 10.1. The molecule has 2 aromatic rings. The molecule has 2 rings (SSSR count). The maximum Gasteiger partial charge on any atom is 0.256 e. The number of amides is 1. The molecule has 27 heavy (non-hydrogen) atoms. The molecule has 0 N–H and O–H groups in total. The molecule has 0 fully saturated rings. The molecule has 0 aromatic heterocycles. The van der Waals surface area contributed by atoms with Gasteiger partial charge in [-0.2, -0.15) is 4.31 Å². The fourth-order valence-electron chi connectivity index (χ4n) is 2.70. The summed E-state index contributed by atoms with van der Waals surface area (Å²) in [4.78, 5) is 13.6. The summed E-state index contributed by atoms with van der Waals surface area (Å²) in [5.74, 6) is -2.04. The van der Waals surface area contributed by atoms with Gasteiger partial charge in [0, 0.05) is 32.2 Å². The van der Waals surface area contributed by atoms with Crippen molar-refractivity contribution in [1.82, 2.24) is 9.21 Å². The van der Waals surface area contributed by atoms with E-state index in [-0.39, 0.29) is 35.7 Å². The molecule has 0 saturated heterocycles. The van der Waals surface area contributed by atoms with E-state index in [1.807, 2.05) is 0 Å². The second-order valence-electron chi connectivity index (χ2n) is 5.98. The van der Waals surface area contributed by atoms with Crippen LogP contribution in [0.5, 0.6) is 0 Å². The lowest BCUT2D eigenvalue weighted by Gasteiger charge is -2.21. The Labute approximate surface area is 158 Å². The van der Waals surface area contributed by atoms with Gasteiger partial charge in [-0.25, -0.2) is 17.2 Å². The molecule has 0 atom stereocenters. The summed E-state index contributed by atoms with van der Waals surface area (Å²) in [6.45, 7) is 3.83. The first-order valence-electron chi connectivity index (χ1n) is 8.50. The van der Waals surface area contributed by atoms with Gasteiger partial charge in [0.1, 0.15) is 11.6 Å². The highest BCUT2D eigenvalue weighted by molar-refractivity contribution is 7.89. The van der Waals surface area contributed by atoms with Crippen LogP contribution in [0.1, 0.15) is 29.8 Å². The molecule has 0 aliphatic heterocycles. The van der Waals surface area contributed by atoms with E-state index in [0.717, 1.165) is 23.1 Å². The summed E-state index contributed by atoms with van der Waals surface area (Å²) in [6.07, 6.45) is 0. The zero-order valence-electron chi connectivity index (χ0n) is 15.4. The summed E-state index contributed by atoms with van der Waals surface area (Å²) in [5, 5.41) is 0. The number of halogens is 2. The van der Waals surface area contributed by atoms with E-state index in [2.05, 4.69) is 0 Å². The molecule has 1 amide bonds. The van der Waals surface area contributed by atoms with Crippen molar-refractivity contribution in [2.75, 3.05) is 20.1 Å². The van der Waals surface area contributed by atoms with E-state index in [1.54, 1.807) is 19.9 Å². The lowest BCUT2D eigenvalue weighted by Crippen LogP contribution is -2.31. The highest BCUT2D eigenvalue weighted by atomic mass is 32.2. The minimum absolute atomic E-state index is 0.0715. The number of hydrogen-bond donors (Lipinski definition) is 0. The monoisotopic (exact) mass is 396 g/mol. The van der Waals surface area contributed by atoms with Crippen LogP contribution < -0.4 is 0 Å². The highest BCUT2D eigenvalue weighted by Crippen LogP contribution is 2.21. The topological polar surface area (TPSA) is 57.7 Å². The maximum absolute atomic E-state index is 14.2. The predicted octanol–water partition coefficient (Wildman–Crippen LogP) is 3.27. The fourth-order valence-corrected chi connectivity index (χ4v) is 4.19. The van der Waals surface area contributed by atoms with Crippen molar-refractivity contribution in [1.29, 1.82) is 0 Å². The van der Waals surface area contributed by atoms with Gasteiger partial charge in [-0.3, -0.25) is 4.79 Å². The highest BCUT2D eigenvalue weighted by Gasteiger charge is 2.25. The Balaban J connectivity index is 2.35. The minimum Gasteiger partial charge on any atom is -0.337 e. The molecule has 0 bridgehead atoms. The third-order valence-corrected chi connectivity index (χ3v) is 6.27. The molecule has 8 heteroatoms. The van der Waals surface area contributed by atoms with Gasteiger partial charge in [0.15, 0.2) is 0 Å². The summed E-state index contributed by atoms with van der Waals surface area (Å²) >= 11 is 0. The molecule has 0 saturated carbocycles. The Morgan fingerprint density at radius 3 is 2.22 bits per heavy atom. The van der Waals surface area contributed by atoms with Gasteiger partial charge in [-0.1, -0.05) is 32.0 Å². The maximum atomic E-state index is 14.2. The predicted molar refractivity (Wildman–Crippen MR) is 98.7 cm³/mol. The first-order chi connectivity index (χ1) is 12.7. The molecule has 0 radical (unpaired) electrons. The standard InChI is InChI=1S/C19H22F2N2O3S/c1-4-23(5-2)27(25,26)15-10-11-18(21)16(12-15)19(24)22(3)13-14-8-6-7-9-17(14)20/h6-12H,4-5,13H2,1-3H3. The van der Waals surface area contributed by atoms with E-state index >= 15 is 0 Å².